The van der Waals surface area contributed by atoms with Gasteiger partial charge in [0.15, 0.2) is 0 Å². The van der Waals surface area contributed by atoms with Crippen LogP contribution in [0, 0.1) is 6.92 Å². The lowest BCUT2D eigenvalue weighted by Gasteiger charge is -2.20. The summed E-state index contributed by atoms with van der Waals surface area (Å²) in [6.07, 6.45) is -0.673. The van der Waals surface area contributed by atoms with Crippen molar-refractivity contribution >= 4 is 17.9 Å². The molecule has 2 heterocycles. The average molecular weight is 344 g/mol. The molecule has 0 saturated carbocycles. The number of hydrogen-bond donors (Lipinski definition) is 0. The summed E-state index contributed by atoms with van der Waals surface area (Å²) in [5.41, 5.74) is 1.56. The molecule has 0 N–H and O–H groups in total. The van der Waals surface area contributed by atoms with E-state index in [9.17, 15) is 14.4 Å². The lowest BCUT2D eigenvalue weighted by atomic mass is 10.1. The zero-order chi connectivity index (χ0) is 18.0. The Bertz CT molecular complexity index is 815. The van der Waals surface area contributed by atoms with E-state index in [1.165, 1.54) is 11.9 Å². The van der Waals surface area contributed by atoms with Gasteiger partial charge < -0.3 is 14.3 Å². The first kappa shape index (κ1) is 16.6. The molecule has 9 nitrogen and oxygen atoms in total. The Morgan fingerprint density at radius 3 is 2.68 bits per heavy atom. The van der Waals surface area contributed by atoms with Crippen LogP contribution in [-0.4, -0.2) is 45.1 Å². The van der Waals surface area contributed by atoms with Gasteiger partial charge in [0.1, 0.15) is 0 Å². The van der Waals surface area contributed by atoms with Gasteiger partial charge in [-0.3, -0.25) is 9.59 Å². The second-order valence-corrected chi connectivity index (χ2v) is 5.63. The van der Waals surface area contributed by atoms with Crippen molar-refractivity contribution in [1.82, 2.24) is 20.1 Å². The summed E-state index contributed by atoms with van der Waals surface area (Å²) in [7, 11) is 1.51. The van der Waals surface area contributed by atoms with Gasteiger partial charge >= 0.3 is 6.09 Å². The van der Waals surface area contributed by atoms with Crippen molar-refractivity contribution in [2.75, 3.05) is 7.05 Å². The molecule has 0 atom stereocenters. The third-order valence-corrected chi connectivity index (χ3v) is 3.62. The molecule has 9 heteroatoms. The number of aryl methyl sites for hydroxylation is 1. The fourth-order valence-corrected chi connectivity index (χ4v) is 2.37. The Hall–Kier alpha value is -3.23. The average Bonchev–Trinajstić information content (AvgIpc) is 3.15. The standard InChI is InChI=1S/C16H16N4O5/c1-10-17-15(18-24-10)12-5-3-4-11(8-12)9-19(2)16(23)25-20-13(21)6-7-14(20)22/h3-5,8H,6-7,9H2,1-2H3. The van der Waals surface area contributed by atoms with E-state index < -0.39 is 17.9 Å². The molecule has 0 unspecified atom stereocenters. The van der Waals surface area contributed by atoms with Crippen molar-refractivity contribution in [2.45, 2.75) is 26.3 Å². The Morgan fingerprint density at radius 2 is 2.04 bits per heavy atom. The van der Waals surface area contributed by atoms with E-state index in [-0.39, 0.29) is 19.4 Å². The first-order chi connectivity index (χ1) is 11.9. The Morgan fingerprint density at radius 1 is 1.32 bits per heavy atom. The van der Waals surface area contributed by atoms with Gasteiger partial charge in [-0.25, -0.2) is 4.79 Å². The highest BCUT2D eigenvalue weighted by atomic mass is 16.7. The Kier molecular flexibility index (Phi) is 4.46. The lowest BCUT2D eigenvalue weighted by molar-refractivity contribution is -0.173. The normalized spacial score (nSPS) is 14.1. The predicted molar refractivity (Wildman–Crippen MR) is 83.5 cm³/mol. The molecular weight excluding hydrogens is 328 g/mol. The number of rotatable bonds is 4. The second kappa shape index (κ2) is 6.71. The summed E-state index contributed by atoms with van der Waals surface area (Å²) in [5, 5.41) is 4.38. The molecule has 1 aromatic heterocycles. The molecule has 0 radical (unpaired) electrons. The third kappa shape index (κ3) is 3.65. The highest BCUT2D eigenvalue weighted by Crippen LogP contribution is 2.19. The Balaban J connectivity index is 1.66. The minimum atomic E-state index is -0.788. The van der Waals surface area contributed by atoms with Crippen LogP contribution in [0.4, 0.5) is 4.79 Å². The number of nitrogens with zero attached hydrogens (tertiary/aromatic N) is 4. The van der Waals surface area contributed by atoms with E-state index in [1.54, 1.807) is 6.92 Å². The molecule has 0 bridgehead atoms. The lowest BCUT2D eigenvalue weighted by Crippen LogP contribution is -2.37. The number of carbonyl (C=O) groups is 3. The zero-order valence-corrected chi connectivity index (χ0v) is 13.8. The van der Waals surface area contributed by atoms with Crippen molar-refractivity contribution in [3.63, 3.8) is 0 Å². The number of aromatic nitrogens is 2. The molecule has 1 saturated heterocycles. The van der Waals surface area contributed by atoms with Crippen LogP contribution in [0.3, 0.4) is 0 Å². The molecule has 1 aliphatic heterocycles. The topological polar surface area (TPSA) is 106 Å². The first-order valence-electron chi connectivity index (χ1n) is 7.62. The van der Waals surface area contributed by atoms with Crippen LogP contribution in [0.25, 0.3) is 11.4 Å². The summed E-state index contributed by atoms with van der Waals surface area (Å²) >= 11 is 0. The van der Waals surface area contributed by atoms with Gasteiger partial charge in [0.2, 0.25) is 11.7 Å². The summed E-state index contributed by atoms with van der Waals surface area (Å²) in [4.78, 5) is 45.3. The number of imide groups is 1. The first-order valence-corrected chi connectivity index (χ1v) is 7.62. The number of benzene rings is 1. The molecule has 0 aliphatic carbocycles. The Labute approximate surface area is 143 Å². The minimum Gasteiger partial charge on any atom is -0.339 e. The molecular formula is C16H16N4O5. The van der Waals surface area contributed by atoms with Crippen molar-refractivity contribution in [3.05, 3.63) is 35.7 Å². The summed E-state index contributed by atoms with van der Waals surface area (Å²) in [5.74, 6) is -0.110. The van der Waals surface area contributed by atoms with Crippen molar-refractivity contribution in [2.24, 2.45) is 0 Å². The van der Waals surface area contributed by atoms with Crippen LogP contribution in [-0.2, 0) is 21.0 Å². The number of amides is 3. The SMILES string of the molecule is Cc1nc(-c2cccc(CN(C)C(=O)ON3C(=O)CCC3=O)c2)no1. The van der Waals surface area contributed by atoms with Crippen LogP contribution >= 0.6 is 0 Å². The molecule has 0 spiro atoms. The third-order valence-electron chi connectivity index (χ3n) is 3.62. The maximum absolute atomic E-state index is 12.1. The smallest absolute Gasteiger partial charge is 0.339 e. The van der Waals surface area contributed by atoms with Crippen molar-refractivity contribution < 1.29 is 23.7 Å². The van der Waals surface area contributed by atoms with Gasteiger partial charge in [-0.05, 0) is 11.6 Å². The van der Waals surface area contributed by atoms with Crippen LogP contribution in [0.15, 0.2) is 28.8 Å². The molecule has 3 rings (SSSR count). The molecule has 2 aromatic rings. The summed E-state index contributed by atoms with van der Waals surface area (Å²) in [6.45, 7) is 1.92. The van der Waals surface area contributed by atoms with Gasteiger partial charge in [-0.15, -0.1) is 5.06 Å². The maximum atomic E-state index is 12.1. The van der Waals surface area contributed by atoms with E-state index >= 15 is 0 Å². The predicted octanol–water partition coefficient (Wildman–Crippen LogP) is 1.68. The van der Waals surface area contributed by atoms with Crippen LogP contribution in [0.1, 0.15) is 24.3 Å². The van der Waals surface area contributed by atoms with E-state index in [0.717, 1.165) is 11.1 Å². The monoisotopic (exact) mass is 344 g/mol. The fourth-order valence-electron chi connectivity index (χ4n) is 2.37. The van der Waals surface area contributed by atoms with Gasteiger partial charge in [-0.2, -0.15) is 4.98 Å². The van der Waals surface area contributed by atoms with Crippen LogP contribution in [0.5, 0.6) is 0 Å². The molecule has 1 aromatic carbocycles. The number of carbonyl (C=O) groups excluding carboxylic acids is 3. The van der Waals surface area contributed by atoms with Gasteiger partial charge in [0.25, 0.3) is 11.8 Å². The van der Waals surface area contributed by atoms with Crippen molar-refractivity contribution in [3.8, 4) is 11.4 Å². The molecule has 130 valence electrons. The zero-order valence-electron chi connectivity index (χ0n) is 13.8. The van der Waals surface area contributed by atoms with E-state index in [4.69, 9.17) is 9.36 Å². The number of hydroxylamine groups is 2. The maximum Gasteiger partial charge on any atom is 0.434 e. The summed E-state index contributed by atoms with van der Waals surface area (Å²) < 4.78 is 4.96. The highest BCUT2D eigenvalue weighted by molar-refractivity contribution is 6.01. The molecule has 1 fully saturated rings. The minimum absolute atomic E-state index is 0.0575. The van der Waals surface area contributed by atoms with E-state index in [1.807, 2.05) is 24.3 Å². The van der Waals surface area contributed by atoms with E-state index in [2.05, 4.69) is 10.1 Å². The van der Waals surface area contributed by atoms with Gasteiger partial charge in [0.05, 0.1) is 0 Å². The molecule has 1 aliphatic rings. The number of hydrogen-bond acceptors (Lipinski definition) is 7. The molecule has 25 heavy (non-hydrogen) atoms. The highest BCUT2D eigenvalue weighted by Gasteiger charge is 2.33. The van der Waals surface area contributed by atoms with Gasteiger partial charge in [-0.1, -0.05) is 23.4 Å². The second-order valence-electron chi connectivity index (χ2n) is 5.63. The van der Waals surface area contributed by atoms with Crippen LogP contribution in [0.2, 0.25) is 0 Å². The quantitative estimate of drug-likeness (QED) is 0.777. The largest absolute Gasteiger partial charge is 0.434 e. The molecule has 3 amide bonds. The van der Waals surface area contributed by atoms with Gasteiger partial charge in [0, 0.05) is 38.9 Å². The van der Waals surface area contributed by atoms with Crippen molar-refractivity contribution in [1.29, 1.82) is 0 Å². The summed E-state index contributed by atoms with van der Waals surface area (Å²) in [6, 6.07) is 7.28. The van der Waals surface area contributed by atoms with E-state index in [0.29, 0.717) is 16.8 Å². The van der Waals surface area contributed by atoms with Crippen LogP contribution < -0.4 is 0 Å². The fraction of sp³-hybridized carbons (Fsp3) is 0.312.